The maximum absolute atomic E-state index is 12.4. The molecule has 0 bridgehead atoms. The summed E-state index contributed by atoms with van der Waals surface area (Å²) in [4.78, 5) is 26.5. The van der Waals surface area contributed by atoms with Crippen LogP contribution >= 0.6 is 0 Å². The average molecular weight is 524 g/mol. The third-order valence-corrected chi connectivity index (χ3v) is 11.8. The van der Waals surface area contributed by atoms with E-state index >= 15 is 0 Å². The number of hydrogen-bond donors (Lipinski definition) is 0. The largest absolute Gasteiger partial charge is 0.469 e. The van der Waals surface area contributed by atoms with Crippen LogP contribution in [0.2, 0.25) is 25.2 Å². The third-order valence-electron chi connectivity index (χ3n) is 5.66. The Kier molecular flexibility index (Phi) is 18.0. The number of carbonyl (C=O) groups excluding carboxylic acids is 2. The molecule has 0 radical (unpaired) electrons. The summed E-state index contributed by atoms with van der Waals surface area (Å²) in [6.07, 6.45) is 1.75. The van der Waals surface area contributed by atoms with Gasteiger partial charge in [0.2, 0.25) is 0 Å². The van der Waals surface area contributed by atoms with Gasteiger partial charge in [-0.1, -0.05) is 0 Å². The fourth-order valence-corrected chi connectivity index (χ4v) is 8.91. The van der Waals surface area contributed by atoms with Crippen molar-refractivity contribution in [1.29, 1.82) is 0 Å². The number of carbonyl (C=O) groups is 2. The molecule has 0 aliphatic heterocycles. The van der Waals surface area contributed by atoms with Gasteiger partial charge in [0.1, 0.15) is 0 Å². The van der Waals surface area contributed by atoms with Crippen molar-refractivity contribution in [1.82, 2.24) is 4.90 Å². The Morgan fingerprint density at radius 2 is 1.15 bits per heavy atom. The van der Waals surface area contributed by atoms with E-state index < -0.39 is 35.0 Å². The van der Waals surface area contributed by atoms with Gasteiger partial charge < -0.3 is 32.1 Å². The summed E-state index contributed by atoms with van der Waals surface area (Å²) in [7, 11) is -1.78. The minimum atomic E-state index is -2.23. The van der Waals surface area contributed by atoms with E-state index in [9.17, 15) is 9.59 Å². The quantitative estimate of drug-likeness (QED) is 0.165. The molecule has 34 heavy (non-hydrogen) atoms. The lowest BCUT2D eigenvalue weighted by atomic mass is 10.0. The topological polar surface area (TPSA) is 92.8 Å². The van der Waals surface area contributed by atoms with Crippen LogP contribution in [0.15, 0.2) is 0 Å². The van der Waals surface area contributed by atoms with Crippen molar-refractivity contribution in [2.24, 2.45) is 5.92 Å². The highest BCUT2D eigenvalue weighted by Crippen LogP contribution is 2.20. The van der Waals surface area contributed by atoms with Gasteiger partial charge in [0.15, 0.2) is 0 Å². The van der Waals surface area contributed by atoms with Gasteiger partial charge in [0, 0.05) is 33.0 Å². The summed E-state index contributed by atoms with van der Waals surface area (Å²) in [6, 6.07) is 1.71. The van der Waals surface area contributed by atoms with Gasteiger partial charge >= 0.3 is 29.1 Å². The fourth-order valence-electron chi connectivity index (χ4n) is 4.12. The van der Waals surface area contributed by atoms with Gasteiger partial charge in [-0.05, 0) is 78.8 Å². The highest BCUT2D eigenvalue weighted by atomic mass is 28.4. The van der Waals surface area contributed by atoms with Crippen molar-refractivity contribution in [3.8, 4) is 0 Å². The first-order chi connectivity index (χ1) is 16.1. The molecule has 0 heterocycles. The van der Waals surface area contributed by atoms with E-state index in [1.54, 1.807) is 0 Å². The number of ether oxygens (including phenoxy) is 2. The number of rotatable bonds is 21. The molecule has 11 heteroatoms. The first-order valence-electron chi connectivity index (χ1n) is 12.5. The summed E-state index contributed by atoms with van der Waals surface area (Å²) in [5.41, 5.74) is 0. The smallest absolute Gasteiger partial charge is 0.334 e. The fraction of sp³-hybridized carbons (Fsp3) is 0.913. The normalized spacial score (nSPS) is 13.2. The SMILES string of the molecule is CCO[Si](C)(CCCN(CCC[Si](C)(OCC)OCC)CC(CC(=O)OC)C(=O)OC)OCC. The van der Waals surface area contributed by atoms with Gasteiger partial charge in [-0.3, -0.25) is 9.59 Å². The van der Waals surface area contributed by atoms with E-state index in [4.69, 9.17) is 27.2 Å². The van der Waals surface area contributed by atoms with E-state index in [1.165, 1.54) is 14.2 Å². The van der Waals surface area contributed by atoms with Crippen molar-refractivity contribution < 1.29 is 36.8 Å². The highest BCUT2D eigenvalue weighted by Gasteiger charge is 2.33. The van der Waals surface area contributed by atoms with Crippen molar-refractivity contribution in [2.45, 2.75) is 72.1 Å². The Morgan fingerprint density at radius 1 is 0.735 bits per heavy atom. The third kappa shape index (κ3) is 13.9. The zero-order valence-corrected chi connectivity index (χ0v) is 24.8. The molecule has 0 aliphatic carbocycles. The number of methoxy groups -OCH3 is 2. The van der Waals surface area contributed by atoms with Crippen LogP contribution in [-0.4, -0.2) is 94.2 Å². The molecule has 0 aromatic rings. The molecule has 1 unspecified atom stereocenters. The average Bonchev–Trinajstić information content (AvgIpc) is 2.78. The standard InChI is InChI=1S/C23H49NO8Si2/c1-9-29-33(7,30-10-2)17-13-15-24(16-14-18-34(8,31-11-3)32-12-4)20-21(23(26)28-6)19-22(25)27-5/h21H,9-20H2,1-8H3. The Hall–Kier alpha value is -0.826. The predicted molar refractivity (Wildman–Crippen MR) is 137 cm³/mol. The van der Waals surface area contributed by atoms with Crippen LogP contribution < -0.4 is 0 Å². The monoisotopic (exact) mass is 523 g/mol. The van der Waals surface area contributed by atoms with Crippen LogP contribution in [-0.2, 0) is 36.8 Å². The van der Waals surface area contributed by atoms with Crippen LogP contribution in [0.25, 0.3) is 0 Å². The first-order valence-corrected chi connectivity index (χ1v) is 17.6. The summed E-state index contributed by atoms with van der Waals surface area (Å²) in [5.74, 6) is -1.40. The lowest BCUT2D eigenvalue weighted by Gasteiger charge is -2.30. The zero-order chi connectivity index (χ0) is 26.0. The maximum Gasteiger partial charge on any atom is 0.334 e. The molecule has 0 saturated heterocycles. The summed E-state index contributed by atoms with van der Waals surface area (Å²) in [5, 5.41) is 0. The number of esters is 2. The van der Waals surface area contributed by atoms with E-state index in [-0.39, 0.29) is 6.42 Å². The van der Waals surface area contributed by atoms with Crippen LogP contribution in [0.4, 0.5) is 0 Å². The number of hydrogen-bond acceptors (Lipinski definition) is 9. The number of nitrogens with zero attached hydrogens (tertiary/aromatic N) is 1. The van der Waals surface area contributed by atoms with Crippen LogP contribution in [0.5, 0.6) is 0 Å². The Balaban J connectivity index is 5.31. The predicted octanol–water partition coefficient (Wildman–Crippen LogP) is 3.71. The highest BCUT2D eigenvalue weighted by molar-refractivity contribution is 6.66. The molecule has 0 aromatic carbocycles. The summed E-state index contributed by atoms with van der Waals surface area (Å²) >= 11 is 0. The molecule has 0 aromatic heterocycles. The van der Waals surface area contributed by atoms with Crippen molar-refractivity contribution >= 4 is 29.1 Å². The lowest BCUT2D eigenvalue weighted by Crippen LogP contribution is -2.42. The van der Waals surface area contributed by atoms with Crippen LogP contribution in [0, 0.1) is 5.92 Å². The Morgan fingerprint density at radius 3 is 1.47 bits per heavy atom. The molecule has 0 N–H and O–H groups in total. The summed E-state index contributed by atoms with van der Waals surface area (Å²) < 4.78 is 33.6. The minimum absolute atomic E-state index is 0.00557. The van der Waals surface area contributed by atoms with E-state index in [0.717, 1.165) is 38.0 Å². The molecule has 0 fully saturated rings. The van der Waals surface area contributed by atoms with Gasteiger partial charge in [-0.25, -0.2) is 0 Å². The van der Waals surface area contributed by atoms with Gasteiger partial charge in [-0.15, -0.1) is 0 Å². The molecule has 0 spiro atoms. The molecular weight excluding hydrogens is 474 g/mol. The van der Waals surface area contributed by atoms with Crippen molar-refractivity contribution in [2.75, 3.05) is 60.3 Å². The van der Waals surface area contributed by atoms with Crippen LogP contribution in [0.3, 0.4) is 0 Å². The van der Waals surface area contributed by atoms with Gasteiger partial charge in [0.25, 0.3) is 0 Å². The molecule has 1 atom stereocenters. The Labute approximate surface area is 209 Å². The minimum Gasteiger partial charge on any atom is -0.469 e. The zero-order valence-electron chi connectivity index (χ0n) is 22.8. The van der Waals surface area contributed by atoms with E-state index in [1.807, 2.05) is 27.7 Å². The second-order valence-electron chi connectivity index (χ2n) is 8.51. The molecule has 9 nitrogen and oxygen atoms in total. The first kappa shape index (κ1) is 33.2. The molecule has 0 rings (SSSR count). The molecule has 0 amide bonds. The van der Waals surface area contributed by atoms with E-state index in [2.05, 4.69) is 18.0 Å². The van der Waals surface area contributed by atoms with Gasteiger partial charge in [-0.2, -0.15) is 0 Å². The molecular formula is C23H49NO8Si2. The second kappa shape index (κ2) is 18.4. The van der Waals surface area contributed by atoms with Crippen molar-refractivity contribution in [3.63, 3.8) is 0 Å². The summed E-state index contributed by atoms with van der Waals surface area (Å²) in [6.45, 7) is 16.6. The lowest BCUT2D eigenvalue weighted by molar-refractivity contribution is -0.152. The molecule has 0 saturated carbocycles. The van der Waals surface area contributed by atoms with Crippen LogP contribution in [0.1, 0.15) is 47.0 Å². The molecule has 202 valence electrons. The maximum atomic E-state index is 12.4. The van der Waals surface area contributed by atoms with Gasteiger partial charge in [0.05, 0.1) is 26.6 Å². The Bertz CT molecular complexity index is 527. The molecule has 0 aliphatic rings. The second-order valence-corrected chi connectivity index (χ2v) is 15.2. The van der Waals surface area contributed by atoms with Crippen molar-refractivity contribution in [3.05, 3.63) is 0 Å². The van der Waals surface area contributed by atoms with E-state index in [0.29, 0.717) is 33.0 Å².